The molecule has 0 heterocycles. The molecule has 1 unspecified atom stereocenters. The topological polar surface area (TPSA) is 17.1 Å². The molecule has 0 aromatic carbocycles. The molecule has 9 heavy (non-hydrogen) atoms. The van der Waals surface area contributed by atoms with Gasteiger partial charge in [-0.1, -0.05) is 20.8 Å². The lowest BCUT2D eigenvalue weighted by molar-refractivity contribution is -0.120. The zero-order valence-electron chi connectivity index (χ0n) is 6.61. The highest BCUT2D eigenvalue weighted by molar-refractivity contribution is 5.82. The van der Waals surface area contributed by atoms with E-state index in [1.54, 1.807) is 0 Å². The average Bonchev–Trinajstić information content (AvgIpc) is 2.23. The third-order valence-electron chi connectivity index (χ3n) is 1.61. The van der Waals surface area contributed by atoms with Crippen LogP contribution in [0.1, 0.15) is 40.0 Å². The van der Waals surface area contributed by atoms with Crippen molar-refractivity contribution in [2.75, 3.05) is 0 Å². The Morgan fingerprint density at radius 2 is 2.00 bits per heavy atom. The Kier molecular flexibility index (Phi) is 4.37. The molecule has 0 aliphatic heterocycles. The molecule has 1 aliphatic rings. The average molecular weight is 128 g/mol. The SMILES string of the molecule is CC.CC1CCCC1=O. The molecule has 54 valence electrons. The molecule has 1 saturated carbocycles. The van der Waals surface area contributed by atoms with Gasteiger partial charge in [0.25, 0.3) is 0 Å². The van der Waals surface area contributed by atoms with E-state index in [1.807, 2.05) is 20.8 Å². The van der Waals surface area contributed by atoms with Gasteiger partial charge in [0.2, 0.25) is 0 Å². The highest BCUT2D eigenvalue weighted by Crippen LogP contribution is 2.19. The van der Waals surface area contributed by atoms with Gasteiger partial charge in [-0.05, 0) is 12.8 Å². The van der Waals surface area contributed by atoms with Gasteiger partial charge < -0.3 is 0 Å². The summed E-state index contributed by atoms with van der Waals surface area (Å²) in [6, 6.07) is 0. The van der Waals surface area contributed by atoms with E-state index < -0.39 is 0 Å². The van der Waals surface area contributed by atoms with Crippen molar-refractivity contribution in [1.29, 1.82) is 0 Å². The predicted octanol–water partition coefficient (Wildman–Crippen LogP) is 2.40. The summed E-state index contributed by atoms with van der Waals surface area (Å²) in [6.07, 6.45) is 3.08. The lowest BCUT2D eigenvalue weighted by Crippen LogP contribution is -1.98. The van der Waals surface area contributed by atoms with Crippen LogP contribution < -0.4 is 0 Å². The van der Waals surface area contributed by atoms with Crippen molar-refractivity contribution in [3.63, 3.8) is 0 Å². The van der Waals surface area contributed by atoms with Crippen LogP contribution in [-0.4, -0.2) is 5.78 Å². The summed E-state index contributed by atoms with van der Waals surface area (Å²) in [7, 11) is 0. The van der Waals surface area contributed by atoms with Crippen LogP contribution in [-0.2, 0) is 4.79 Å². The van der Waals surface area contributed by atoms with Gasteiger partial charge in [-0.15, -0.1) is 0 Å². The summed E-state index contributed by atoms with van der Waals surface area (Å²) in [5.41, 5.74) is 0. The number of carbonyl (C=O) groups excluding carboxylic acids is 1. The van der Waals surface area contributed by atoms with Crippen LogP contribution in [0.5, 0.6) is 0 Å². The quantitative estimate of drug-likeness (QED) is 0.489. The summed E-state index contributed by atoms with van der Waals surface area (Å²) >= 11 is 0. The molecule has 0 amide bonds. The van der Waals surface area contributed by atoms with E-state index in [2.05, 4.69) is 0 Å². The Balaban J connectivity index is 0.000000291. The third kappa shape index (κ3) is 2.64. The number of hydrogen-bond acceptors (Lipinski definition) is 1. The van der Waals surface area contributed by atoms with Crippen molar-refractivity contribution in [2.45, 2.75) is 40.0 Å². The van der Waals surface area contributed by atoms with Crippen LogP contribution in [0.4, 0.5) is 0 Å². The summed E-state index contributed by atoms with van der Waals surface area (Å²) in [4.78, 5) is 10.6. The monoisotopic (exact) mass is 128 g/mol. The highest BCUT2D eigenvalue weighted by atomic mass is 16.1. The molecule has 0 saturated heterocycles. The number of hydrogen-bond donors (Lipinski definition) is 0. The first-order valence-corrected chi connectivity index (χ1v) is 3.83. The molecule has 1 fully saturated rings. The molecule has 1 nitrogen and oxygen atoms in total. The minimum Gasteiger partial charge on any atom is -0.299 e. The molecule has 0 radical (unpaired) electrons. The summed E-state index contributed by atoms with van der Waals surface area (Å²) in [5.74, 6) is 0.833. The van der Waals surface area contributed by atoms with Crippen LogP contribution >= 0.6 is 0 Å². The molecule has 0 bridgehead atoms. The summed E-state index contributed by atoms with van der Waals surface area (Å²) in [6.45, 7) is 6.01. The molecule has 1 rings (SSSR count). The number of ketones is 1. The predicted molar refractivity (Wildman–Crippen MR) is 39.4 cm³/mol. The van der Waals surface area contributed by atoms with Crippen LogP contribution in [0.25, 0.3) is 0 Å². The molecule has 1 aliphatic carbocycles. The van der Waals surface area contributed by atoms with E-state index in [9.17, 15) is 4.79 Å². The van der Waals surface area contributed by atoms with E-state index in [-0.39, 0.29) is 0 Å². The maximum absolute atomic E-state index is 10.6. The Morgan fingerprint density at radius 1 is 1.44 bits per heavy atom. The smallest absolute Gasteiger partial charge is 0.135 e. The van der Waals surface area contributed by atoms with Gasteiger partial charge >= 0.3 is 0 Å². The zero-order chi connectivity index (χ0) is 7.28. The molecule has 0 N–H and O–H groups in total. The molecule has 0 aromatic heterocycles. The van der Waals surface area contributed by atoms with Crippen LogP contribution in [0, 0.1) is 5.92 Å². The molecule has 0 spiro atoms. The number of rotatable bonds is 0. The molecule has 1 heteroatoms. The van der Waals surface area contributed by atoms with E-state index >= 15 is 0 Å². The summed E-state index contributed by atoms with van der Waals surface area (Å²) < 4.78 is 0. The fourth-order valence-electron chi connectivity index (χ4n) is 0.990. The second-order valence-electron chi connectivity index (χ2n) is 2.26. The van der Waals surface area contributed by atoms with Crippen molar-refractivity contribution < 1.29 is 4.79 Å². The Labute approximate surface area is 57.5 Å². The van der Waals surface area contributed by atoms with Crippen molar-refractivity contribution in [3.8, 4) is 0 Å². The maximum atomic E-state index is 10.6. The van der Waals surface area contributed by atoms with Crippen LogP contribution in [0.3, 0.4) is 0 Å². The van der Waals surface area contributed by atoms with Crippen molar-refractivity contribution >= 4 is 5.78 Å². The maximum Gasteiger partial charge on any atom is 0.135 e. The third-order valence-corrected chi connectivity index (χ3v) is 1.61. The Hall–Kier alpha value is -0.330. The Bertz CT molecular complexity index is 86.6. The second-order valence-corrected chi connectivity index (χ2v) is 2.26. The van der Waals surface area contributed by atoms with E-state index in [1.165, 1.54) is 0 Å². The standard InChI is InChI=1S/C6H10O.C2H6/c1-5-3-2-4-6(5)7;1-2/h5H,2-4H2,1H3;1-2H3. The largest absolute Gasteiger partial charge is 0.299 e. The Morgan fingerprint density at radius 3 is 2.11 bits per heavy atom. The van der Waals surface area contributed by atoms with Gasteiger partial charge in [-0.3, -0.25) is 4.79 Å². The minimum atomic E-state index is 0.375. The lowest BCUT2D eigenvalue weighted by atomic mass is 10.1. The van der Waals surface area contributed by atoms with E-state index in [0.717, 1.165) is 19.3 Å². The van der Waals surface area contributed by atoms with Crippen LogP contribution in [0.2, 0.25) is 0 Å². The first kappa shape index (κ1) is 8.67. The molecule has 0 aromatic rings. The summed E-state index contributed by atoms with van der Waals surface area (Å²) in [5, 5.41) is 0. The van der Waals surface area contributed by atoms with Crippen molar-refractivity contribution in [3.05, 3.63) is 0 Å². The van der Waals surface area contributed by atoms with E-state index in [4.69, 9.17) is 0 Å². The molecular formula is C8H16O. The number of carbonyl (C=O) groups is 1. The first-order valence-electron chi connectivity index (χ1n) is 3.83. The molecule has 1 atom stereocenters. The van der Waals surface area contributed by atoms with E-state index in [0.29, 0.717) is 11.7 Å². The zero-order valence-corrected chi connectivity index (χ0v) is 6.61. The first-order chi connectivity index (χ1) is 4.30. The number of Topliss-reactive ketones (excluding diaryl/α,β-unsaturated/α-hetero) is 1. The van der Waals surface area contributed by atoms with Gasteiger partial charge in [0.15, 0.2) is 0 Å². The normalized spacial score (nSPS) is 25.2. The van der Waals surface area contributed by atoms with Gasteiger partial charge in [0, 0.05) is 12.3 Å². The fourth-order valence-corrected chi connectivity index (χ4v) is 0.990. The van der Waals surface area contributed by atoms with Gasteiger partial charge in [0.05, 0.1) is 0 Å². The van der Waals surface area contributed by atoms with Crippen molar-refractivity contribution in [2.24, 2.45) is 5.92 Å². The molecular weight excluding hydrogens is 112 g/mol. The van der Waals surface area contributed by atoms with Gasteiger partial charge in [0.1, 0.15) is 5.78 Å². The van der Waals surface area contributed by atoms with Crippen molar-refractivity contribution in [1.82, 2.24) is 0 Å². The minimum absolute atomic E-state index is 0.375. The fraction of sp³-hybridized carbons (Fsp3) is 0.875. The lowest BCUT2D eigenvalue weighted by Gasteiger charge is -1.91. The highest BCUT2D eigenvalue weighted by Gasteiger charge is 2.18. The second kappa shape index (κ2) is 4.54. The van der Waals surface area contributed by atoms with Crippen LogP contribution in [0.15, 0.2) is 0 Å². The van der Waals surface area contributed by atoms with Gasteiger partial charge in [-0.2, -0.15) is 0 Å². The van der Waals surface area contributed by atoms with Gasteiger partial charge in [-0.25, -0.2) is 0 Å².